The molecule has 5 nitrogen and oxygen atoms in total. The molecule has 5 heteroatoms. The number of aromatic nitrogens is 3. The van der Waals surface area contributed by atoms with Crippen LogP contribution in [0.2, 0.25) is 0 Å². The molecule has 0 aliphatic carbocycles. The van der Waals surface area contributed by atoms with Crippen molar-refractivity contribution < 1.29 is 4.79 Å². The molecule has 1 aromatic carbocycles. The van der Waals surface area contributed by atoms with Crippen LogP contribution in [-0.2, 0) is 17.8 Å². The zero-order valence-electron chi connectivity index (χ0n) is 11.6. The Bertz CT molecular complexity index is 606. The molecular formula is C15H18N4O. The van der Waals surface area contributed by atoms with Crippen molar-refractivity contribution in [2.75, 3.05) is 11.4 Å². The van der Waals surface area contributed by atoms with E-state index in [1.165, 1.54) is 17.5 Å². The number of para-hydroxylation sites is 1. The van der Waals surface area contributed by atoms with Crippen LogP contribution in [0.3, 0.4) is 0 Å². The van der Waals surface area contributed by atoms with Gasteiger partial charge in [-0.3, -0.25) is 9.48 Å². The summed E-state index contributed by atoms with van der Waals surface area (Å²) in [6, 6.07) is 6.26. The van der Waals surface area contributed by atoms with E-state index in [0.717, 1.165) is 25.1 Å². The first kappa shape index (κ1) is 12.8. The molecule has 3 rings (SSSR count). The summed E-state index contributed by atoms with van der Waals surface area (Å²) in [6.45, 7) is 3.46. The monoisotopic (exact) mass is 270 g/mol. The molecule has 2 heterocycles. The smallest absolute Gasteiger partial charge is 0.228 e. The molecule has 104 valence electrons. The summed E-state index contributed by atoms with van der Waals surface area (Å²) in [5.41, 5.74) is 3.57. The van der Waals surface area contributed by atoms with Crippen LogP contribution in [0.5, 0.6) is 0 Å². The Morgan fingerprint density at radius 3 is 3.10 bits per heavy atom. The minimum absolute atomic E-state index is 0.163. The van der Waals surface area contributed by atoms with Gasteiger partial charge in [-0.1, -0.05) is 18.2 Å². The standard InChI is InChI=1S/C15H18N4O/c1-12-4-2-5-13-6-3-8-19(15(12)13)14(20)7-9-18-11-16-10-17-18/h2,4-5,10-11H,3,6-9H2,1H3. The predicted molar refractivity (Wildman–Crippen MR) is 76.5 cm³/mol. The maximum atomic E-state index is 12.5. The van der Waals surface area contributed by atoms with Crippen molar-refractivity contribution in [1.82, 2.24) is 14.8 Å². The van der Waals surface area contributed by atoms with Crippen molar-refractivity contribution in [1.29, 1.82) is 0 Å². The molecule has 0 spiro atoms. The van der Waals surface area contributed by atoms with E-state index in [2.05, 4.69) is 35.2 Å². The van der Waals surface area contributed by atoms with Crippen molar-refractivity contribution in [2.24, 2.45) is 0 Å². The first-order chi connectivity index (χ1) is 9.75. The number of rotatable bonds is 3. The highest BCUT2D eigenvalue weighted by Gasteiger charge is 2.23. The van der Waals surface area contributed by atoms with Gasteiger partial charge in [0.05, 0.1) is 6.54 Å². The molecule has 0 fully saturated rings. The minimum atomic E-state index is 0.163. The molecule has 1 aliphatic heterocycles. The van der Waals surface area contributed by atoms with Crippen LogP contribution < -0.4 is 4.90 Å². The van der Waals surface area contributed by atoms with Crippen LogP contribution in [-0.4, -0.2) is 27.2 Å². The highest BCUT2D eigenvalue weighted by molar-refractivity contribution is 5.95. The Morgan fingerprint density at radius 1 is 1.40 bits per heavy atom. The summed E-state index contributed by atoms with van der Waals surface area (Å²) in [4.78, 5) is 18.3. The lowest BCUT2D eigenvalue weighted by atomic mass is 9.98. The van der Waals surface area contributed by atoms with Gasteiger partial charge >= 0.3 is 0 Å². The van der Waals surface area contributed by atoms with E-state index < -0.39 is 0 Å². The van der Waals surface area contributed by atoms with E-state index in [9.17, 15) is 4.79 Å². The second-order valence-corrected chi connectivity index (χ2v) is 5.14. The molecule has 1 amide bonds. The van der Waals surface area contributed by atoms with Crippen molar-refractivity contribution in [3.8, 4) is 0 Å². The largest absolute Gasteiger partial charge is 0.312 e. The van der Waals surface area contributed by atoms with Crippen LogP contribution in [0.4, 0.5) is 5.69 Å². The van der Waals surface area contributed by atoms with Gasteiger partial charge in [0, 0.05) is 18.7 Å². The Morgan fingerprint density at radius 2 is 2.30 bits per heavy atom. The molecule has 1 aromatic heterocycles. The van der Waals surface area contributed by atoms with Crippen LogP contribution in [0.15, 0.2) is 30.9 Å². The third kappa shape index (κ3) is 2.43. The SMILES string of the molecule is Cc1cccc2c1N(C(=O)CCn1cncn1)CCC2. The Kier molecular flexibility index (Phi) is 3.50. The molecule has 0 radical (unpaired) electrons. The number of carbonyl (C=O) groups is 1. The lowest BCUT2D eigenvalue weighted by Crippen LogP contribution is -2.36. The second kappa shape index (κ2) is 5.45. The van der Waals surface area contributed by atoms with Gasteiger partial charge in [-0.05, 0) is 30.9 Å². The van der Waals surface area contributed by atoms with Crippen LogP contribution in [0, 0.1) is 6.92 Å². The van der Waals surface area contributed by atoms with Gasteiger partial charge < -0.3 is 4.90 Å². The van der Waals surface area contributed by atoms with Crippen molar-refractivity contribution in [2.45, 2.75) is 32.7 Å². The highest BCUT2D eigenvalue weighted by atomic mass is 16.2. The van der Waals surface area contributed by atoms with E-state index in [-0.39, 0.29) is 5.91 Å². The molecular weight excluding hydrogens is 252 g/mol. The molecule has 0 N–H and O–H groups in total. The summed E-state index contributed by atoms with van der Waals surface area (Å²) >= 11 is 0. The Balaban J connectivity index is 1.76. The summed E-state index contributed by atoms with van der Waals surface area (Å²) in [5.74, 6) is 0.163. The van der Waals surface area contributed by atoms with Crippen LogP contribution in [0.1, 0.15) is 24.0 Å². The molecule has 20 heavy (non-hydrogen) atoms. The molecule has 0 atom stereocenters. The molecule has 0 saturated heterocycles. The van der Waals surface area contributed by atoms with Crippen molar-refractivity contribution >= 4 is 11.6 Å². The second-order valence-electron chi connectivity index (χ2n) is 5.14. The summed E-state index contributed by atoms with van der Waals surface area (Å²) in [6.07, 6.45) is 5.68. The molecule has 1 aliphatic rings. The highest BCUT2D eigenvalue weighted by Crippen LogP contribution is 2.30. The minimum Gasteiger partial charge on any atom is -0.312 e. The maximum absolute atomic E-state index is 12.5. The average molecular weight is 270 g/mol. The fourth-order valence-electron chi connectivity index (χ4n) is 2.79. The van der Waals surface area contributed by atoms with Gasteiger partial charge in [0.2, 0.25) is 5.91 Å². The fourth-order valence-corrected chi connectivity index (χ4v) is 2.79. The van der Waals surface area contributed by atoms with Crippen molar-refractivity contribution in [3.63, 3.8) is 0 Å². The van der Waals surface area contributed by atoms with Gasteiger partial charge in [-0.25, -0.2) is 4.98 Å². The number of nitrogens with zero attached hydrogens (tertiary/aromatic N) is 4. The van der Waals surface area contributed by atoms with Gasteiger partial charge in [0.25, 0.3) is 0 Å². The first-order valence-corrected chi connectivity index (χ1v) is 6.97. The topological polar surface area (TPSA) is 51.0 Å². The number of amides is 1. The number of benzene rings is 1. The fraction of sp³-hybridized carbons (Fsp3) is 0.400. The Labute approximate surface area is 118 Å². The van der Waals surface area contributed by atoms with E-state index in [4.69, 9.17) is 0 Å². The molecule has 0 saturated carbocycles. The number of hydrogen-bond acceptors (Lipinski definition) is 3. The third-order valence-electron chi connectivity index (χ3n) is 3.74. The van der Waals surface area contributed by atoms with Crippen LogP contribution >= 0.6 is 0 Å². The maximum Gasteiger partial charge on any atom is 0.228 e. The van der Waals surface area contributed by atoms with Gasteiger partial charge in [-0.2, -0.15) is 5.10 Å². The van der Waals surface area contributed by atoms with E-state index in [0.29, 0.717) is 13.0 Å². The van der Waals surface area contributed by atoms with Gasteiger partial charge in [-0.15, -0.1) is 0 Å². The number of anilines is 1. The zero-order valence-corrected chi connectivity index (χ0v) is 11.6. The molecule has 0 bridgehead atoms. The number of carbonyl (C=O) groups excluding carboxylic acids is 1. The summed E-state index contributed by atoms with van der Waals surface area (Å²) in [7, 11) is 0. The normalized spacial score (nSPS) is 14.2. The average Bonchev–Trinajstić information content (AvgIpc) is 2.98. The van der Waals surface area contributed by atoms with Gasteiger partial charge in [0.15, 0.2) is 0 Å². The lowest BCUT2D eigenvalue weighted by molar-refractivity contribution is -0.119. The van der Waals surface area contributed by atoms with E-state index >= 15 is 0 Å². The Hall–Kier alpha value is -2.17. The number of fused-ring (bicyclic) bond motifs is 1. The zero-order chi connectivity index (χ0) is 13.9. The lowest BCUT2D eigenvalue weighted by Gasteiger charge is -2.31. The van der Waals surface area contributed by atoms with Crippen molar-refractivity contribution in [3.05, 3.63) is 42.0 Å². The van der Waals surface area contributed by atoms with E-state index in [1.807, 2.05) is 4.90 Å². The first-order valence-electron chi connectivity index (χ1n) is 6.97. The quantitative estimate of drug-likeness (QED) is 0.856. The third-order valence-corrected chi connectivity index (χ3v) is 3.74. The van der Waals surface area contributed by atoms with Gasteiger partial charge in [0.1, 0.15) is 12.7 Å². The number of hydrogen-bond donors (Lipinski definition) is 0. The van der Waals surface area contributed by atoms with Crippen LogP contribution in [0.25, 0.3) is 0 Å². The number of aryl methyl sites for hydroxylation is 3. The molecule has 2 aromatic rings. The van der Waals surface area contributed by atoms with E-state index in [1.54, 1.807) is 11.0 Å². The predicted octanol–water partition coefficient (Wildman–Crippen LogP) is 1.96. The summed E-state index contributed by atoms with van der Waals surface area (Å²) < 4.78 is 1.70. The molecule has 0 unspecified atom stereocenters. The summed E-state index contributed by atoms with van der Waals surface area (Å²) in [5, 5.41) is 4.03.